The van der Waals surface area contributed by atoms with Gasteiger partial charge in [0.15, 0.2) is 11.6 Å². The summed E-state index contributed by atoms with van der Waals surface area (Å²) in [7, 11) is 0. The lowest BCUT2D eigenvalue weighted by molar-refractivity contribution is -0.0498. The summed E-state index contributed by atoms with van der Waals surface area (Å²) in [5, 5.41) is 13.9. The van der Waals surface area contributed by atoms with Crippen molar-refractivity contribution in [2.45, 2.75) is 11.8 Å². The minimum Gasteiger partial charge on any atom is -0.435 e. The van der Waals surface area contributed by atoms with Gasteiger partial charge in [0, 0.05) is 28.5 Å². The number of carbonyl (C=O) groups excluding carboxylic acids is 1. The Balaban J connectivity index is 1.54. The number of ether oxygens (including phenoxy) is 1. The number of ketones is 1. The van der Waals surface area contributed by atoms with Gasteiger partial charge in [-0.25, -0.2) is 0 Å². The molecule has 0 aliphatic heterocycles. The van der Waals surface area contributed by atoms with Gasteiger partial charge in [-0.05, 0) is 54.1 Å². The van der Waals surface area contributed by atoms with Crippen molar-refractivity contribution in [2.75, 3.05) is 5.75 Å². The van der Waals surface area contributed by atoms with E-state index in [4.69, 9.17) is 11.6 Å². The van der Waals surface area contributed by atoms with Gasteiger partial charge >= 0.3 is 6.61 Å². The fourth-order valence-corrected chi connectivity index (χ4v) is 3.75. The first-order valence-corrected chi connectivity index (χ1v) is 11.2. The molecule has 4 rings (SSSR count). The van der Waals surface area contributed by atoms with E-state index < -0.39 is 6.61 Å². The predicted octanol–water partition coefficient (Wildman–Crippen LogP) is 5.45. The predicted molar refractivity (Wildman–Crippen MR) is 126 cm³/mol. The fourth-order valence-electron chi connectivity index (χ4n) is 2.84. The number of rotatable bonds is 9. The molecule has 0 saturated carbocycles. The number of thioether (sulfide) groups is 1. The largest absolute Gasteiger partial charge is 0.435 e. The highest BCUT2D eigenvalue weighted by atomic mass is 35.5. The molecule has 0 amide bonds. The van der Waals surface area contributed by atoms with Gasteiger partial charge in [-0.3, -0.25) is 9.78 Å². The molecule has 0 unspecified atom stereocenters. The van der Waals surface area contributed by atoms with Crippen LogP contribution in [0.3, 0.4) is 0 Å². The van der Waals surface area contributed by atoms with Gasteiger partial charge in [-0.1, -0.05) is 35.5 Å². The number of benzene rings is 2. The Morgan fingerprint density at radius 1 is 1.12 bits per heavy atom. The van der Waals surface area contributed by atoms with Crippen molar-refractivity contribution in [3.05, 3.63) is 89.2 Å². The van der Waals surface area contributed by atoms with Gasteiger partial charge < -0.3 is 4.74 Å². The standard InChI is InChI=1S/C23H16ClF2N5O2S/c24-18-7-3-15(4-8-18)12-28-31-21(17-2-1-11-27-13-17)29-30-23(31)34-14-20(32)16-5-9-19(10-6-16)33-22(25)26/h1-13,22H,14H2/b28-12+. The highest BCUT2D eigenvalue weighted by Crippen LogP contribution is 2.25. The normalized spacial score (nSPS) is 11.3. The van der Waals surface area contributed by atoms with E-state index in [0.29, 0.717) is 27.1 Å². The maximum absolute atomic E-state index is 12.6. The summed E-state index contributed by atoms with van der Waals surface area (Å²) >= 11 is 7.09. The van der Waals surface area contributed by atoms with Gasteiger partial charge in [0.2, 0.25) is 5.16 Å². The molecule has 0 N–H and O–H groups in total. The Kier molecular flexibility index (Phi) is 7.61. The van der Waals surface area contributed by atoms with Crippen LogP contribution in [0, 0.1) is 0 Å². The van der Waals surface area contributed by atoms with Crippen LogP contribution in [0.1, 0.15) is 15.9 Å². The van der Waals surface area contributed by atoms with E-state index in [1.54, 1.807) is 36.8 Å². The number of aromatic nitrogens is 4. The van der Waals surface area contributed by atoms with Crippen molar-refractivity contribution >= 4 is 35.4 Å². The van der Waals surface area contributed by atoms with Crippen LogP contribution in [0.2, 0.25) is 5.02 Å². The summed E-state index contributed by atoms with van der Waals surface area (Å²) in [6.07, 6.45) is 4.92. The summed E-state index contributed by atoms with van der Waals surface area (Å²) in [6, 6.07) is 16.3. The van der Waals surface area contributed by atoms with Crippen LogP contribution in [0.4, 0.5) is 8.78 Å². The van der Waals surface area contributed by atoms with Crippen molar-refractivity contribution < 1.29 is 18.3 Å². The number of Topliss-reactive ketones (excluding diaryl/α,β-unsaturated/α-hetero) is 1. The average molecular weight is 500 g/mol. The number of carbonyl (C=O) groups is 1. The Morgan fingerprint density at radius 3 is 2.56 bits per heavy atom. The zero-order valence-corrected chi connectivity index (χ0v) is 19.0. The van der Waals surface area contributed by atoms with Gasteiger partial charge in [0.25, 0.3) is 0 Å². The van der Waals surface area contributed by atoms with E-state index in [9.17, 15) is 13.6 Å². The summed E-state index contributed by atoms with van der Waals surface area (Å²) in [5.41, 5.74) is 1.88. The molecule has 2 heterocycles. The molecule has 0 aliphatic rings. The van der Waals surface area contributed by atoms with E-state index in [-0.39, 0.29) is 17.3 Å². The Labute approximate surface area is 202 Å². The Hall–Kier alpha value is -3.63. The lowest BCUT2D eigenvalue weighted by atomic mass is 10.1. The van der Waals surface area contributed by atoms with Gasteiger partial charge in [-0.15, -0.1) is 10.2 Å². The number of hydrogen-bond donors (Lipinski definition) is 0. The van der Waals surface area contributed by atoms with Crippen LogP contribution in [0.5, 0.6) is 5.75 Å². The van der Waals surface area contributed by atoms with E-state index >= 15 is 0 Å². The molecule has 4 aromatic rings. The minimum absolute atomic E-state index is 0.0170. The molecule has 34 heavy (non-hydrogen) atoms. The molecule has 0 bridgehead atoms. The van der Waals surface area contributed by atoms with Gasteiger partial charge in [-0.2, -0.15) is 18.6 Å². The third kappa shape index (κ3) is 6.03. The van der Waals surface area contributed by atoms with E-state index in [0.717, 1.165) is 17.3 Å². The highest BCUT2D eigenvalue weighted by Gasteiger charge is 2.16. The van der Waals surface area contributed by atoms with Crippen LogP contribution in [0.15, 0.2) is 83.3 Å². The molecule has 0 aliphatic carbocycles. The molecule has 0 saturated heterocycles. The smallest absolute Gasteiger partial charge is 0.387 e. The van der Waals surface area contributed by atoms with E-state index in [1.807, 2.05) is 18.2 Å². The fraction of sp³-hybridized carbons (Fsp3) is 0.0870. The van der Waals surface area contributed by atoms with Crippen molar-refractivity contribution in [1.29, 1.82) is 0 Å². The SMILES string of the molecule is O=C(CSc1nnc(-c2cccnc2)n1/N=C/c1ccc(Cl)cc1)c1ccc(OC(F)F)cc1. The minimum atomic E-state index is -2.93. The van der Waals surface area contributed by atoms with Crippen LogP contribution in [-0.4, -0.2) is 44.2 Å². The van der Waals surface area contributed by atoms with Crippen molar-refractivity contribution in [2.24, 2.45) is 5.10 Å². The number of alkyl halides is 2. The molecule has 0 fully saturated rings. The van der Waals surface area contributed by atoms with Crippen LogP contribution < -0.4 is 4.74 Å². The number of pyridine rings is 1. The van der Waals surface area contributed by atoms with Crippen molar-refractivity contribution in [3.8, 4) is 17.1 Å². The summed E-state index contributed by atoms with van der Waals surface area (Å²) in [4.78, 5) is 16.7. The second kappa shape index (κ2) is 11.0. The van der Waals surface area contributed by atoms with Crippen LogP contribution >= 0.6 is 23.4 Å². The molecule has 0 spiro atoms. The molecule has 0 atom stereocenters. The first kappa shape index (κ1) is 23.5. The Morgan fingerprint density at radius 2 is 1.88 bits per heavy atom. The second-order valence-corrected chi connectivity index (χ2v) is 8.15. The third-order valence-electron chi connectivity index (χ3n) is 4.46. The molecular weight excluding hydrogens is 484 g/mol. The van der Waals surface area contributed by atoms with E-state index in [2.05, 4.69) is 25.0 Å². The quantitative estimate of drug-likeness (QED) is 0.173. The van der Waals surface area contributed by atoms with Gasteiger partial charge in [0.1, 0.15) is 5.75 Å². The molecule has 2 aromatic carbocycles. The molecule has 11 heteroatoms. The van der Waals surface area contributed by atoms with Crippen molar-refractivity contribution in [3.63, 3.8) is 0 Å². The first-order valence-electron chi connectivity index (χ1n) is 9.86. The lowest BCUT2D eigenvalue weighted by Gasteiger charge is -2.06. The topological polar surface area (TPSA) is 82.3 Å². The summed E-state index contributed by atoms with van der Waals surface area (Å²) in [6.45, 7) is -2.93. The maximum atomic E-state index is 12.6. The van der Waals surface area contributed by atoms with Gasteiger partial charge in [0.05, 0.1) is 12.0 Å². The summed E-state index contributed by atoms with van der Waals surface area (Å²) in [5.74, 6) is 0.266. The van der Waals surface area contributed by atoms with Crippen LogP contribution in [-0.2, 0) is 0 Å². The van der Waals surface area contributed by atoms with E-state index in [1.165, 1.54) is 28.9 Å². The maximum Gasteiger partial charge on any atom is 0.387 e. The molecule has 172 valence electrons. The third-order valence-corrected chi connectivity index (χ3v) is 5.63. The number of halogens is 3. The summed E-state index contributed by atoms with van der Waals surface area (Å²) < 4.78 is 30.5. The zero-order valence-electron chi connectivity index (χ0n) is 17.4. The first-order chi connectivity index (χ1) is 16.5. The van der Waals surface area contributed by atoms with Crippen molar-refractivity contribution in [1.82, 2.24) is 19.9 Å². The molecular formula is C23H16ClF2N5O2S. The molecule has 2 aromatic heterocycles. The lowest BCUT2D eigenvalue weighted by Crippen LogP contribution is -2.05. The van der Waals surface area contributed by atoms with Crippen LogP contribution in [0.25, 0.3) is 11.4 Å². The Bertz CT molecular complexity index is 1280. The molecule has 7 nitrogen and oxygen atoms in total. The zero-order chi connectivity index (χ0) is 23.9. The monoisotopic (exact) mass is 499 g/mol. The second-order valence-electron chi connectivity index (χ2n) is 6.77. The molecule has 0 radical (unpaired) electrons. The number of hydrogen-bond acceptors (Lipinski definition) is 7. The highest BCUT2D eigenvalue weighted by molar-refractivity contribution is 7.99. The average Bonchev–Trinajstić information content (AvgIpc) is 3.25. The number of nitrogens with zero attached hydrogens (tertiary/aromatic N) is 5.